The van der Waals surface area contributed by atoms with E-state index in [9.17, 15) is 0 Å². The number of halogens is 1. The Bertz CT molecular complexity index is 696. The minimum Gasteiger partial charge on any atom is -0.366 e. The number of aromatic nitrogens is 2. The molecule has 0 saturated heterocycles. The summed E-state index contributed by atoms with van der Waals surface area (Å²) in [6, 6.07) is 10.2. The molecule has 0 radical (unpaired) electrons. The summed E-state index contributed by atoms with van der Waals surface area (Å²) >= 11 is 5.99. The van der Waals surface area contributed by atoms with Crippen molar-refractivity contribution in [2.75, 3.05) is 5.32 Å². The number of hydrogen-bond donors (Lipinski definition) is 2. The van der Waals surface area contributed by atoms with Crippen LogP contribution in [0.25, 0.3) is 0 Å². The maximum absolute atomic E-state index is 5.99. The fourth-order valence-corrected chi connectivity index (χ4v) is 3.10. The van der Waals surface area contributed by atoms with E-state index in [2.05, 4.69) is 27.4 Å². The Hall–Kier alpha value is -1.92. The van der Waals surface area contributed by atoms with Gasteiger partial charge in [-0.3, -0.25) is 5.10 Å². The number of nitrogens with one attached hydrogen (secondary N) is 2. The van der Waals surface area contributed by atoms with Crippen molar-refractivity contribution in [3.8, 4) is 11.8 Å². The Balaban J connectivity index is 1.61. The molecule has 1 fully saturated rings. The second-order valence-corrected chi connectivity index (χ2v) is 6.36. The van der Waals surface area contributed by atoms with Gasteiger partial charge in [0.25, 0.3) is 0 Å². The Morgan fingerprint density at radius 2 is 2.23 bits per heavy atom. The van der Waals surface area contributed by atoms with E-state index in [1.54, 1.807) is 0 Å². The second kappa shape index (κ2) is 6.89. The Kier molecular flexibility index (Phi) is 4.70. The topological polar surface area (TPSA) is 40.7 Å². The number of anilines is 1. The van der Waals surface area contributed by atoms with E-state index in [0.29, 0.717) is 12.0 Å². The van der Waals surface area contributed by atoms with Crippen molar-refractivity contribution in [3.05, 3.63) is 46.6 Å². The van der Waals surface area contributed by atoms with Gasteiger partial charge < -0.3 is 5.32 Å². The molecule has 2 unspecified atom stereocenters. The Labute approximate surface area is 136 Å². The van der Waals surface area contributed by atoms with E-state index in [1.165, 1.54) is 19.3 Å². The summed E-state index contributed by atoms with van der Waals surface area (Å²) in [5.41, 5.74) is 2.07. The summed E-state index contributed by atoms with van der Waals surface area (Å²) in [4.78, 5) is 0. The zero-order valence-corrected chi connectivity index (χ0v) is 13.5. The van der Waals surface area contributed by atoms with E-state index in [4.69, 9.17) is 11.6 Å². The third-order valence-corrected chi connectivity index (χ3v) is 4.21. The lowest BCUT2D eigenvalue weighted by atomic mass is 9.86. The zero-order chi connectivity index (χ0) is 15.4. The van der Waals surface area contributed by atoms with Gasteiger partial charge in [0.05, 0.1) is 0 Å². The third-order valence-electron chi connectivity index (χ3n) is 3.98. The molecule has 1 aromatic carbocycles. The van der Waals surface area contributed by atoms with Crippen LogP contribution in [-0.4, -0.2) is 16.2 Å². The average molecular weight is 314 g/mol. The van der Waals surface area contributed by atoms with Crippen LogP contribution in [0.3, 0.4) is 0 Å². The van der Waals surface area contributed by atoms with Crippen molar-refractivity contribution in [2.45, 2.75) is 38.6 Å². The van der Waals surface area contributed by atoms with E-state index >= 15 is 0 Å². The van der Waals surface area contributed by atoms with Crippen molar-refractivity contribution in [2.24, 2.45) is 5.92 Å². The minimum absolute atomic E-state index is 0.435. The molecule has 1 aromatic heterocycles. The highest BCUT2D eigenvalue weighted by Crippen LogP contribution is 2.26. The first-order valence-electron chi connectivity index (χ1n) is 7.75. The number of aryl methyl sites for hydroxylation is 1. The van der Waals surface area contributed by atoms with Crippen molar-refractivity contribution < 1.29 is 0 Å². The van der Waals surface area contributed by atoms with Crippen LogP contribution in [-0.2, 0) is 0 Å². The fraction of sp³-hybridized carbons (Fsp3) is 0.389. The van der Waals surface area contributed by atoms with Gasteiger partial charge >= 0.3 is 0 Å². The predicted molar refractivity (Wildman–Crippen MR) is 91.0 cm³/mol. The Morgan fingerprint density at radius 1 is 1.32 bits per heavy atom. The molecule has 114 valence electrons. The average Bonchev–Trinajstić information content (AvgIpc) is 2.91. The van der Waals surface area contributed by atoms with Crippen LogP contribution in [0.4, 0.5) is 5.82 Å². The summed E-state index contributed by atoms with van der Waals surface area (Å²) in [7, 11) is 0. The number of aromatic amines is 1. The van der Waals surface area contributed by atoms with Crippen molar-refractivity contribution in [1.29, 1.82) is 0 Å². The molecule has 0 aliphatic heterocycles. The summed E-state index contributed by atoms with van der Waals surface area (Å²) in [5, 5.41) is 11.5. The highest BCUT2D eigenvalue weighted by Gasteiger charge is 2.21. The molecule has 3 rings (SSSR count). The molecule has 1 heterocycles. The van der Waals surface area contributed by atoms with E-state index in [-0.39, 0.29) is 0 Å². The molecule has 1 aliphatic rings. The summed E-state index contributed by atoms with van der Waals surface area (Å²) < 4.78 is 0. The number of H-pyrrole nitrogens is 1. The highest BCUT2D eigenvalue weighted by molar-refractivity contribution is 6.30. The monoisotopic (exact) mass is 313 g/mol. The van der Waals surface area contributed by atoms with Crippen LogP contribution >= 0.6 is 11.6 Å². The lowest BCUT2D eigenvalue weighted by Crippen LogP contribution is -2.26. The van der Waals surface area contributed by atoms with E-state index in [1.807, 2.05) is 37.3 Å². The molecule has 1 saturated carbocycles. The molecular weight excluding hydrogens is 294 g/mol. The molecule has 2 atom stereocenters. The van der Waals surface area contributed by atoms with Crippen molar-refractivity contribution >= 4 is 17.4 Å². The molecule has 0 amide bonds. The van der Waals surface area contributed by atoms with Crippen LogP contribution in [0, 0.1) is 24.7 Å². The normalized spacial score (nSPS) is 21.0. The standard InChI is InChI=1S/C18H20ClN3/c1-13-10-18(22-21-13)20-17-7-3-5-15(12-17)9-8-14-4-2-6-16(19)11-14/h2,4,6,10-11,15,17H,3,5,7,12H2,1H3,(H2,20,21,22). The molecule has 2 aromatic rings. The highest BCUT2D eigenvalue weighted by atomic mass is 35.5. The lowest BCUT2D eigenvalue weighted by molar-refractivity contribution is 0.397. The third kappa shape index (κ3) is 4.05. The minimum atomic E-state index is 0.435. The van der Waals surface area contributed by atoms with E-state index in [0.717, 1.165) is 28.5 Å². The summed E-state index contributed by atoms with van der Waals surface area (Å²) in [5.74, 6) is 8.04. The van der Waals surface area contributed by atoms with Crippen LogP contribution in [0.5, 0.6) is 0 Å². The molecule has 22 heavy (non-hydrogen) atoms. The fourth-order valence-electron chi connectivity index (χ4n) is 2.90. The smallest absolute Gasteiger partial charge is 0.148 e. The molecule has 3 nitrogen and oxygen atoms in total. The van der Waals surface area contributed by atoms with Crippen molar-refractivity contribution in [1.82, 2.24) is 10.2 Å². The first-order chi connectivity index (χ1) is 10.7. The van der Waals surface area contributed by atoms with Gasteiger partial charge in [0.15, 0.2) is 0 Å². The van der Waals surface area contributed by atoms with Gasteiger partial charge in [0, 0.05) is 34.3 Å². The summed E-state index contributed by atoms with van der Waals surface area (Å²) in [6.07, 6.45) is 4.63. The number of hydrogen-bond acceptors (Lipinski definition) is 2. The van der Waals surface area contributed by atoms with Gasteiger partial charge in [-0.1, -0.05) is 35.9 Å². The predicted octanol–water partition coefficient (Wildman–Crippen LogP) is 4.39. The van der Waals surface area contributed by atoms with Crippen LogP contribution in [0.2, 0.25) is 5.02 Å². The maximum atomic E-state index is 5.99. The second-order valence-electron chi connectivity index (χ2n) is 5.92. The molecule has 0 spiro atoms. The van der Waals surface area contributed by atoms with E-state index < -0.39 is 0 Å². The Morgan fingerprint density at radius 3 is 3.00 bits per heavy atom. The maximum Gasteiger partial charge on any atom is 0.148 e. The zero-order valence-electron chi connectivity index (χ0n) is 12.7. The van der Waals surface area contributed by atoms with Crippen molar-refractivity contribution in [3.63, 3.8) is 0 Å². The van der Waals surface area contributed by atoms with Crippen LogP contribution in [0.15, 0.2) is 30.3 Å². The van der Waals surface area contributed by atoms with Gasteiger partial charge in [0.2, 0.25) is 0 Å². The number of rotatable bonds is 2. The summed E-state index contributed by atoms with van der Waals surface area (Å²) in [6.45, 7) is 2.01. The van der Waals surface area contributed by atoms with Gasteiger partial charge in [-0.15, -0.1) is 0 Å². The first-order valence-corrected chi connectivity index (χ1v) is 8.12. The first kappa shape index (κ1) is 15.0. The van der Waals surface area contributed by atoms with Crippen LogP contribution in [0.1, 0.15) is 36.9 Å². The van der Waals surface area contributed by atoms with Gasteiger partial charge in [-0.05, 0) is 44.4 Å². The van der Waals surface area contributed by atoms with Crippen LogP contribution < -0.4 is 5.32 Å². The van der Waals surface area contributed by atoms with Gasteiger partial charge in [-0.2, -0.15) is 5.10 Å². The quantitative estimate of drug-likeness (QED) is 0.807. The molecule has 0 bridgehead atoms. The van der Waals surface area contributed by atoms with Gasteiger partial charge in [-0.25, -0.2) is 0 Å². The number of nitrogens with zero attached hydrogens (tertiary/aromatic N) is 1. The molecule has 2 N–H and O–H groups in total. The molecule has 1 aliphatic carbocycles. The number of benzene rings is 1. The lowest BCUT2D eigenvalue weighted by Gasteiger charge is -2.26. The van der Waals surface area contributed by atoms with Gasteiger partial charge in [0.1, 0.15) is 5.82 Å². The molecule has 4 heteroatoms. The SMILES string of the molecule is Cc1cc(NC2CCCC(C#Cc3cccc(Cl)c3)C2)n[nH]1. The molecular formula is C18H20ClN3. The largest absolute Gasteiger partial charge is 0.366 e.